The molecule has 1 saturated heterocycles. The average molecular weight is 365 g/mol. The van der Waals surface area contributed by atoms with E-state index in [1.54, 1.807) is 15.6 Å². The minimum absolute atomic E-state index is 0.0145. The lowest BCUT2D eigenvalue weighted by atomic mass is 10.0. The van der Waals surface area contributed by atoms with Gasteiger partial charge in [0.25, 0.3) is 5.91 Å². The summed E-state index contributed by atoms with van der Waals surface area (Å²) in [4.78, 5) is 25.1. The number of amides is 1. The average Bonchev–Trinajstić information content (AvgIpc) is 3.11. The van der Waals surface area contributed by atoms with Gasteiger partial charge in [0.1, 0.15) is 5.75 Å². The Morgan fingerprint density at radius 3 is 2.58 bits per heavy atom. The molecule has 1 N–H and O–H groups in total. The monoisotopic (exact) mass is 365 g/mol. The Morgan fingerprint density at radius 2 is 1.96 bits per heavy atom. The Labute approximate surface area is 147 Å². The van der Waals surface area contributed by atoms with Gasteiger partial charge in [-0.05, 0) is 31.0 Å². The van der Waals surface area contributed by atoms with Gasteiger partial charge in [0.05, 0.1) is 17.8 Å². The number of alkyl halides is 2. The second-order valence-corrected chi connectivity index (χ2v) is 5.94. The normalized spacial score (nSPS) is 15.3. The number of carbonyl (C=O) groups excluding carboxylic acids is 1. The van der Waals surface area contributed by atoms with E-state index in [9.17, 15) is 18.4 Å². The number of carbonyl (C=O) groups is 2. The molecule has 0 radical (unpaired) electrons. The van der Waals surface area contributed by atoms with Crippen molar-refractivity contribution in [3.8, 4) is 5.75 Å². The molecular weight excluding hydrogens is 348 g/mol. The van der Waals surface area contributed by atoms with Crippen LogP contribution in [0.25, 0.3) is 0 Å². The van der Waals surface area contributed by atoms with Crippen molar-refractivity contribution >= 4 is 11.9 Å². The zero-order chi connectivity index (χ0) is 18.7. The van der Waals surface area contributed by atoms with Gasteiger partial charge in [-0.15, -0.1) is 0 Å². The summed E-state index contributed by atoms with van der Waals surface area (Å²) < 4.78 is 30.5. The molecular formula is C17H17F2N3O4. The number of hydrogen-bond acceptors (Lipinski definition) is 4. The van der Waals surface area contributed by atoms with E-state index in [1.807, 2.05) is 0 Å². The van der Waals surface area contributed by atoms with Crippen LogP contribution in [0.5, 0.6) is 5.75 Å². The van der Waals surface area contributed by atoms with Crippen molar-refractivity contribution in [2.45, 2.75) is 25.5 Å². The number of hydrogen-bond donors (Lipinski definition) is 1. The summed E-state index contributed by atoms with van der Waals surface area (Å²) >= 11 is 0. The fourth-order valence-corrected chi connectivity index (χ4v) is 2.97. The highest BCUT2D eigenvalue weighted by Gasteiger charge is 2.25. The summed E-state index contributed by atoms with van der Waals surface area (Å²) in [6, 6.07) is 5.73. The smallest absolute Gasteiger partial charge is 0.387 e. The van der Waals surface area contributed by atoms with Crippen molar-refractivity contribution in [1.29, 1.82) is 0 Å². The quantitative estimate of drug-likeness (QED) is 0.881. The SMILES string of the molecule is O=C(O)c1cnn(C2CCN(C(=O)c3cccc(OC(F)F)c3)CC2)c1. The van der Waals surface area contributed by atoms with E-state index in [1.165, 1.54) is 30.6 Å². The van der Waals surface area contributed by atoms with Crippen LogP contribution in [0, 0.1) is 0 Å². The van der Waals surface area contributed by atoms with Crippen LogP contribution in [0.2, 0.25) is 0 Å². The van der Waals surface area contributed by atoms with Crippen molar-refractivity contribution in [1.82, 2.24) is 14.7 Å². The van der Waals surface area contributed by atoms with Crippen LogP contribution in [0.1, 0.15) is 39.6 Å². The summed E-state index contributed by atoms with van der Waals surface area (Å²) in [6.07, 6.45) is 4.03. The van der Waals surface area contributed by atoms with Gasteiger partial charge >= 0.3 is 12.6 Å². The van der Waals surface area contributed by atoms with E-state index >= 15 is 0 Å². The Bertz CT molecular complexity index is 801. The van der Waals surface area contributed by atoms with Crippen LogP contribution >= 0.6 is 0 Å². The predicted octanol–water partition coefficient (Wildman–Crippen LogP) is 2.66. The fraction of sp³-hybridized carbons (Fsp3) is 0.353. The number of aromatic carboxylic acids is 1. The highest BCUT2D eigenvalue weighted by molar-refractivity contribution is 5.94. The predicted molar refractivity (Wildman–Crippen MR) is 86.4 cm³/mol. The number of aromatic nitrogens is 2. The largest absolute Gasteiger partial charge is 0.478 e. The second kappa shape index (κ2) is 7.51. The third-order valence-electron chi connectivity index (χ3n) is 4.28. The van der Waals surface area contributed by atoms with E-state index in [0.29, 0.717) is 25.9 Å². The number of carboxylic acids is 1. The van der Waals surface area contributed by atoms with E-state index < -0.39 is 12.6 Å². The first-order valence-electron chi connectivity index (χ1n) is 8.05. The highest BCUT2D eigenvalue weighted by Crippen LogP contribution is 2.24. The Kier molecular flexibility index (Phi) is 5.15. The van der Waals surface area contributed by atoms with Gasteiger partial charge in [0, 0.05) is 24.8 Å². The lowest BCUT2D eigenvalue weighted by Gasteiger charge is -2.32. The molecule has 1 fully saturated rings. The van der Waals surface area contributed by atoms with Crippen molar-refractivity contribution in [2.24, 2.45) is 0 Å². The molecule has 1 aliphatic heterocycles. The molecule has 2 heterocycles. The van der Waals surface area contributed by atoms with Crippen LogP contribution in [0.3, 0.4) is 0 Å². The molecule has 1 aliphatic rings. The molecule has 7 nitrogen and oxygen atoms in total. The van der Waals surface area contributed by atoms with Gasteiger partial charge < -0.3 is 14.7 Å². The lowest BCUT2D eigenvalue weighted by Crippen LogP contribution is -2.39. The number of nitrogens with zero attached hydrogens (tertiary/aromatic N) is 3. The van der Waals surface area contributed by atoms with Gasteiger partial charge in [0.2, 0.25) is 0 Å². The van der Waals surface area contributed by atoms with Crippen LogP contribution in [0.4, 0.5) is 8.78 Å². The topological polar surface area (TPSA) is 84.7 Å². The number of halogens is 2. The zero-order valence-electron chi connectivity index (χ0n) is 13.7. The van der Waals surface area contributed by atoms with Gasteiger partial charge in [-0.1, -0.05) is 6.07 Å². The first-order chi connectivity index (χ1) is 12.4. The highest BCUT2D eigenvalue weighted by atomic mass is 19.3. The molecule has 0 aliphatic carbocycles. The number of rotatable bonds is 5. The standard InChI is InChI=1S/C17H17F2N3O4/c18-17(19)26-14-3-1-2-11(8-14)15(23)21-6-4-13(5-7-21)22-10-12(9-20-22)16(24)25/h1-3,8-10,13,17H,4-7H2,(H,24,25). The maximum Gasteiger partial charge on any atom is 0.387 e. The van der Waals surface area contributed by atoms with Crippen LogP contribution < -0.4 is 4.74 Å². The molecule has 0 unspecified atom stereocenters. The molecule has 9 heteroatoms. The van der Waals surface area contributed by atoms with Crippen molar-refractivity contribution in [3.05, 3.63) is 47.8 Å². The van der Waals surface area contributed by atoms with Gasteiger partial charge in [-0.25, -0.2) is 4.79 Å². The first kappa shape index (κ1) is 17.8. The van der Waals surface area contributed by atoms with E-state index in [2.05, 4.69) is 9.84 Å². The summed E-state index contributed by atoms with van der Waals surface area (Å²) in [5.41, 5.74) is 0.410. The molecule has 0 spiro atoms. The summed E-state index contributed by atoms with van der Waals surface area (Å²) in [7, 11) is 0. The number of likely N-dealkylation sites (tertiary alicyclic amines) is 1. The number of carboxylic acid groups (broad SMARTS) is 1. The summed E-state index contributed by atoms with van der Waals surface area (Å²) in [6.45, 7) is -2.02. The maximum absolute atomic E-state index is 12.6. The second-order valence-electron chi connectivity index (χ2n) is 5.94. The Morgan fingerprint density at radius 1 is 1.23 bits per heavy atom. The van der Waals surface area contributed by atoms with E-state index in [-0.39, 0.29) is 28.8 Å². The molecule has 0 saturated carbocycles. The lowest BCUT2D eigenvalue weighted by molar-refractivity contribution is -0.0499. The van der Waals surface area contributed by atoms with Crippen LogP contribution in [0.15, 0.2) is 36.7 Å². The molecule has 1 aromatic carbocycles. The van der Waals surface area contributed by atoms with Crippen LogP contribution in [-0.4, -0.2) is 51.4 Å². The van der Waals surface area contributed by atoms with Crippen LogP contribution in [-0.2, 0) is 0 Å². The molecule has 2 aromatic rings. The molecule has 3 rings (SSSR count). The van der Waals surface area contributed by atoms with Gasteiger partial charge in [0.15, 0.2) is 0 Å². The van der Waals surface area contributed by atoms with Crippen molar-refractivity contribution < 1.29 is 28.2 Å². The summed E-state index contributed by atoms with van der Waals surface area (Å²) in [5.74, 6) is -1.34. The maximum atomic E-state index is 12.6. The molecule has 138 valence electrons. The number of piperidine rings is 1. The van der Waals surface area contributed by atoms with Gasteiger partial charge in [-0.3, -0.25) is 9.48 Å². The third-order valence-corrected chi connectivity index (χ3v) is 4.28. The minimum atomic E-state index is -2.94. The molecule has 26 heavy (non-hydrogen) atoms. The molecule has 1 amide bonds. The molecule has 0 atom stereocenters. The first-order valence-corrected chi connectivity index (χ1v) is 8.05. The third kappa shape index (κ3) is 3.98. The Balaban J connectivity index is 1.62. The van der Waals surface area contributed by atoms with Crippen molar-refractivity contribution in [3.63, 3.8) is 0 Å². The zero-order valence-corrected chi connectivity index (χ0v) is 13.7. The number of benzene rings is 1. The minimum Gasteiger partial charge on any atom is -0.478 e. The molecule has 1 aromatic heterocycles. The summed E-state index contributed by atoms with van der Waals surface area (Å²) in [5, 5.41) is 13.0. The number of ether oxygens (including phenoxy) is 1. The fourth-order valence-electron chi connectivity index (χ4n) is 2.97. The van der Waals surface area contributed by atoms with Gasteiger partial charge in [-0.2, -0.15) is 13.9 Å². The van der Waals surface area contributed by atoms with Crippen molar-refractivity contribution in [2.75, 3.05) is 13.1 Å². The van der Waals surface area contributed by atoms with E-state index in [4.69, 9.17) is 5.11 Å². The van der Waals surface area contributed by atoms with E-state index in [0.717, 1.165) is 0 Å². The Hall–Kier alpha value is -2.97. The molecule has 0 bridgehead atoms.